The van der Waals surface area contributed by atoms with E-state index in [2.05, 4.69) is 5.32 Å². The first kappa shape index (κ1) is 12.5. The van der Waals surface area contributed by atoms with Crippen molar-refractivity contribution in [2.24, 2.45) is 5.73 Å². The molecule has 1 amide bonds. The van der Waals surface area contributed by atoms with Crippen LogP contribution >= 0.6 is 0 Å². The molecule has 1 aromatic rings. The predicted molar refractivity (Wildman–Crippen MR) is 63.1 cm³/mol. The Morgan fingerprint density at radius 1 is 1.56 bits per heavy atom. The third-order valence-electron chi connectivity index (χ3n) is 2.09. The summed E-state index contributed by atoms with van der Waals surface area (Å²) in [5, 5.41) is 2.75. The van der Waals surface area contributed by atoms with Crippen molar-refractivity contribution in [3.05, 3.63) is 29.8 Å². The Labute approximate surface area is 95.8 Å². The molecule has 0 spiro atoms. The van der Waals surface area contributed by atoms with Crippen LogP contribution in [0.1, 0.15) is 19.4 Å². The van der Waals surface area contributed by atoms with Gasteiger partial charge in [-0.05, 0) is 31.5 Å². The molecule has 88 valence electrons. The second-order valence-corrected chi connectivity index (χ2v) is 3.59. The largest absolute Gasteiger partial charge is 0.494 e. The number of ether oxygens (including phenoxy) is 1. The molecule has 1 rings (SSSR count). The SMILES string of the molecule is CCOc1cccc(CNC(=O)[C@H](C)N)c1. The van der Waals surface area contributed by atoms with E-state index in [0.29, 0.717) is 13.2 Å². The van der Waals surface area contributed by atoms with Gasteiger partial charge in [0.25, 0.3) is 0 Å². The van der Waals surface area contributed by atoms with Crippen molar-refractivity contribution in [2.45, 2.75) is 26.4 Å². The summed E-state index contributed by atoms with van der Waals surface area (Å²) in [6.45, 7) is 4.70. The van der Waals surface area contributed by atoms with Crippen molar-refractivity contribution in [1.82, 2.24) is 5.32 Å². The fourth-order valence-electron chi connectivity index (χ4n) is 1.26. The molecule has 0 saturated heterocycles. The first-order valence-corrected chi connectivity index (χ1v) is 5.38. The van der Waals surface area contributed by atoms with Gasteiger partial charge in [-0.1, -0.05) is 12.1 Å². The maximum Gasteiger partial charge on any atom is 0.236 e. The second-order valence-electron chi connectivity index (χ2n) is 3.59. The maximum atomic E-state index is 11.3. The number of nitrogens with one attached hydrogen (secondary N) is 1. The molecule has 0 aliphatic rings. The third kappa shape index (κ3) is 3.90. The topological polar surface area (TPSA) is 64.3 Å². The van der Waals surface area contributed by atoms with Crippen LogP contribution in [0.5, 0.6) is 5.75 Å². The van der Waals surface area contributed by atoms with Crippen molar-refractivity contribution in [2.75, 3.05) is 6.61 Å². The van der Waals surface area contributed by atoms with E-state index in [1.807, 2.05) is 31.2 Å². The van der Waals surface area contributed by atoms with Gasteiger partial charge in [0, 0.05) is 6.54 Å². The lowest BCUT2D eigenvalue weighted by molar-refractivity contribution is -0.122. The van der Waals surface area contributed by atoms with Crippen molar-refractivity contribution in [1.29, 1.82) is 0 Å². The molecule has 16 heavy (non-hydrogen) atoms. The highest BCUT2D eigenvalue weighted by atomic mass is 16.5. The van der Waals surface area contributed by atoms with Gasteiger partial charge in [-0.15, -0.1) is 0 Å². The minimum Gasteiger partial charge on any atom is -0.494 e. The molecule has 0 fully saturated rings. The fraction of sp³-hybridized carbons (Fsp3) is 0.417. The Balaban J connectivity index is 2.53. The maximum absolute atomic E-state index is 11.3. The van der Waals surface area contributed by atoms with Crippen LogP contribution in [0.3, 0.4) is 0 Å². The average molecular weight is 222 g/mol. The van der Waals surface area contributed by atoms with E-state index in [9.17, 15) is 4.79 Å². The third-order valence-corrected chi connectivity index (χ3v) is 2.09. The van der Waals surface area contributed by atoms with Gasteiger partial charge in [0.1, 0.15) is 5.75 Å². The van der Waals surface area contributed by atoms with E-state index in [4.69, 9.17) is 10.5 Å². The average Bonchev–Trinajstić information content (AvgIpc) is 2.26. The molecule has 0 aromatic heterocycles. The van der Waals surface area contributed by atoms with E-state index < -0.39 is 6.04 Å². The summed E-state index contributed by atoms with van der Waals surface area (Å²) in [6, 6.07) is 7.16. The molecule has 0 aliphatic carbocycles. The quantitative estimate of drug-likeness (QED) is 0.782. The summed E-state index contributed by atoms with van der Waals surface area (Å²) in [5.41, 5.74) is 6.44. The van der Waals surface area contributed by atoms with E-state index in [1.54, 1.807) is 6.92 Å². The number of amides is 1. The zero-order chi connectivity index (χ0) is 12.0. The van der Waals surface area contributed by atoms with Gasteiger partial charge in [-0.2, -0.15) is 0 Å². The molecule has 4 nitrogen and oxygen atoms in total. The zero-order valence-electron chi connectivity index (χ0n) is 9.69. The normalized spacial score (nSPS) is 11.9. The lowest BCUT2D eigenvalue weighted by atomic mass is 10.2. The van der Waals surface area contributed by atoms with Crippen LogP contribution in [0.25, 0.3) is 0 Å². The van der Waals surface area contributed by atoms with Crippen LogP contribution in [0.2, 0.25) is 0 Å². The molecular formula is C12H18N2O2. The Bertz CT molecular complexity index is 351. The Kier molecular flexibility index (Phi) is 4.79. The van der Waals surface area contributed by atoms with E-state index in [1.165, 1.54) is 0 Å². The number of carbonyl (C=O) groups excluding carboxylic acids is 1. The molecule has 0 saturated carbocycles. The van der Waals surface area contributed by atoms with Crippen LogP contribution in [0.4, 0.5) is 0 Å². The van der Waals surface area contributed by atoms with Gasteiger partial charge in [0.15, 0.2) is 0 Å². The van der Waals surface area contributed by atoms with E-state index >= 15 is 0 Å². The Morgan fingerprint density at radius 3 is 2.94 bits per heavy atom. The van der Waals surface area contributed by atoms with Crippen LogP contribution in [-0.2, 0) is 11.3 Å². The van der Waals surface area contributed by atoms with Gasteiger partial charge in [-0.3, -0.25) is 4.79 Å². The minimum absolute atomic E-state index is 0.151. The first-order chi connectivity index (χ1) is 7.63. The summed E-state index contributed by atoms with van der Waals surface area (Å²) < 4.78 is 5.36. The van der Waals surface area contributed by atoms with Crippen LogP contribution < -0.4 is 15.8 Å². The summed E-state index contributed by atoms with van der Waals surface area (Å²) in [4.78, 5) is 11.3. The van der Waals surface area contributed by atoms with Crippen molar-refractivity contribution in [3.63, 3.8) is 0 Å². The van der Waals surface area contributed by atoms with Crippen molar-refractivity contribution < 1.29 is 9.53 Å². The van der Waals surface area contributed by atoms with Crippen molar-refractivity contribution >= 4 is 5.91 Å². The molecule has 0 bridgehead atoms. The number of hydrogen-bond acceptors (Lipinski definition) is 3. The number of rotatable bonds is 5. The zero-order valence-corrected chi connectivity index (χ0v) is 9.69. The molecule has 0 unspecified atom stereocenters. The summed E-state index contributed by atoms with van der Waals surface area (Å²) in [7, 11) is 0. The molecular weight excluding hydrogens is 204 g/mol. The minimum atomic E-state index is -0.477. The Morgan fingerprint density at radius 2 is 2.31 bits per heavy atom. The standard InChI is InChI=1S/C12H18N2O2/c1-3-16-11-6-4-5-10(7-11)8-14-12(15)9(2)13/h4-7,9H,3,8,13H2,1-2H3,(H,14,15)/t9-/m0/s1. The van der Waals surface area contributed by atoms with Crippen molar-refractivity contribution in [3.8, 4) is 5.75 Å². The lowest BCUT2D eigenvalue weighted by Gasteiger charge is -2.09. The molecule has 1 aromatic carbocycles. The number of nitrogens with two attached hydrogens (primary N) is 1. The van der Waals surface area contributed by atoms with Crippen LogP contribution in [0.15, 0.2) is 24.3 Å². The highest BCUT2D eigenvalue weighted by Gasteiger charge is 2.06. The number of benzene rings is 1. The van der Waals surface area contributed by atoms with E-state index in [-0.39, 0.29) is 5.91 Å². The molecule has 0 radical (unpaired) electrons. The molecule has 3 N–H and O–H groups in total. The highest BCUT2D eigenvalue weighted by Crippen LogP contribution is 2.12. The highest BCUT2D eigenvalue weighted by molar-refractivity contribution is 5.80. The second kappa shape index (κ2) is 6.12. The first-order valence-electron chi connectivity index (χ1n) is 5.38. The smallest absolute Gasteiger partial charge is 0.236 e. The van der Waals surface area contributed by atoms with Gasteiger partial charge >= 0.3 is 0 Å². The Hall–Kier alpha value is -1.55. The predicted octanol–water partition coefficient (Wildman–Crippen LogP) is 1.05. The molecule has 1 atom stereocenters. The lowest BCUT2D eigenvalue weighted by Crippen LogP contribution is -2.37. The summed E-state index contributed by atoms with van der Waals surface area (Å²) in [6.07, 6.45) is 0. The summed E-state index contributed by atoms with van der Waals surface area (Å²) >= 11 is 0. The number of hydrogen-bond donors (Lipinski definition) is 2. The van der Waals surface area contributed by atoms with Crippen LogP contribution in [0, 0.1) is 0 Å². The summed E-state index contributed by atoms with van der Waals surface area (Å²) in [5.74, 6) is 0.664. The molecule has 0 heterocycles. The van der Waals surface area contributed by atoms with E-state index in [0.717, 1.165) is 11.3 Å². The monoisotopic (exact) mass is 222 g/mol. The van der Waals surface area contributed by atoms with Crippen LogP contribution in [-0.4, -0.2) is 18.6 Å². The van der Waals surface area contributed by atoms with Gasteiger partial charge in [-0.25, -0.2) is 0 Å². The van der Waals surface area contributed by atoms with Gasteiger partial charge in [0.2, 0.25) is 5.91 Å². The fourth-order valence-corrected chi connectivity index (χ4v) is 1.26. The van der Waals surface area contributed by atoms with Gasteiger partial charge in [0.05, 0.1) is 12.6 Å². The molecule has 4 heteroatoms. The molecule has 0 aliphatic heterocycles. The van der Waals surface area contributed by atoms with Gasteiger partial charge < -0.3 is 15.8 Å². The number of carbonyl (C=O) groups is 1.